The van der Waals surface area contributed by atoms with Crippen LogP contribution in [0, 0.1) is 0 Å². The topological polar surface area (TPSA) is 29.5 Å². The number of thioether (sulfide) groups is 1. The second-order valence-electron chi connectivity index (χ2n) is 2.12. The Morgan fingerprint density at radius 1 is 1.50 bits per heavy atom. The van der Waals surface area contributed by atoms with Crippen molar-refractivity contribution < 1.29 is 22.8 Å². The number of hydrogen-bond donors (Lipinski definition) is 0. The summed E-state index contributed by atoms with van der Waals surface area (Å²) in [6, 6.07) is 0. The van der Waals surface area contributed by atoms with Gasteiger partial charge >= 0.3 is 12.1 Å². The summed E-state index contributed by atoms with van der Waals surface area (Å²) in [5.74, 6) is -1.16. The summed E-state index contributed by atoms with van der Waals surface area (Å²) in [5, 5.41) is 1.00. The molecule has 1 aliphatic rings. The molecule has 70 valence electrons. The lowest BCUT2D eigenvalue weighted by molar-refractivity contribution is -0.233. The molecule has 7 heteroatoms. The van der Waals surface area contributed by atoms with E-state index in [1.807, 2.05) is 0 Å². The highest BCUT2D eigenvalue weighted by Crippen LogP contribution is 2.20. The van der Waals surface area contributed by atoms with Crippen molar-refractivity contribution in [2.75, 3.05) is 18.2 Å². The summed E-state index contributed by atoms with van der Waals surface area (Å²) < 4.78 is 34.8. The highest BCUT2D eigenvalue weighted by molar-refractivity contribution is 7.99. The van der Waals surface area contributed by atoms with Crippen LogP contribution < -0.4 is 0 Å². The zero-order valence-electron chi connectivity index (χ0n) is 5.93. The van der Waals surface area contributed by atoms with Gasteiger partial charge in [-0.05, 0) is 0 Å². The van der Waals surface area contributed by atoms with Crippen molar-refractivity contribution in [1.29, 1.82) is 0 Å². The fraction of sp³-hybridized carbons (Fsp3) is 0.800. The summed E-state index contributed by atoms with van der Waals surface area (Å²) in [4.78, 5) is 14.2. The van der Waals surface area contributed by atoms with E-state index in [2.05, 4.69) is 4.84 Å². The van der Waals surface area contributed by atoms with Crippen LogP contribution in [0.15, 0.2) is 0 Å². The highest BCUT2D eigenvalue weighted by Gasteiger charge is 2.42. The van der Waals surface area contributed by atoms with Crippen molar-refractivity contribution >= 4 is 17.7 Å². The van der Waals surface area contributed by atoms with Gasteiger partial charge in [0, 0.05) is 12.3 Å². The average molecular weight is 201 g/mol. The van der Waals surface area contributed by atoms with Crippen LogP contribution in [0.3, 0.4) is 0 Å². The minimum absolute atomic E-state index is 0.307. The summed E-state index contributed by atoms with van der Waals surface area (Å²) in [6.07, 6.45) is -4.90. The van der Waals surface area contributed by atoms with E-state index in [0.29, 0.717) is 18.2 Å². The van der Waals surface area contributed by atoms with Gasteiger partial charge in [0.1, 0.15) is 0 Å². The number of carbonyl (C=O) groups excluding carboxylic acids is 1. The fourth-order valence-corrected chi connectivity index (χ4v) is 1.49. The van der Waals surface area contributed by atoms with Gasteiger partial charge in [-0.15, -0.1) is 16.8 Å². The van der Waals surface area contributed by atoms with Gasteiger partial charge in [0.2, 0.25) is 0 Å². The molecule has 0 aromatic rings. The molecule has 0 aromatic heterocycles. The molecular weight excluding hydrogens is 195 g/mol. The summed E-state index contributed by atoms with van der Waals surface area (Å²) in [7, 11) is 0. The van der Waals surface area contributed by atoms with Gasteiger partial charge in [-0.2, -0.15) is 13.2 Å². The number of hydrogen-bond acceptors (Lipinski definition) is 4. The maximum atomic E-state index is 11.6. The van der Waals surface area contributed by atoms with E-state index in [0.717, 1.165) is 5.06 Å². The Kier molecular flexibility index (Phi) is 2.84. The first-order valence-electron chi connectivity index (χ1n) is 3.12. The number of alkyl halides is 3. The highest BCUT2D eigenvalue weighted by atomic mass is 32.2. The molecule has 1 fully saturated rings. The van der Waals surface area contributed by atoms with Crippen molar-refractivity contribution in [2.45, 2.75) is 6.18 Å². The van der Waals surface area contributed by atoms with E-state index in [1.165, 1.54) is 11.8 Å². The predicted molar refractivity (Wildman–Crippen MR) is 36.2 cm³/mol. The Hall–Kier alpha value is -0.430. The van der Waals surface area contributed by atoms with Crippen LogP contribution in [-0.4, -0.2) is 35.4 Å². The minimum atomic E-state index is -4.90. The van der Waals surface area contributed by atoms with E-state index in [1.54, 1.807) is 0 Å². The minimum Gasteiger partial charge on any atom is -0.360 e. The normalized spacial score (nSPS) is 19.6. The van der Waals surface area contributed by atoms with Crippen molar-refractivity contribution in [1.82, 2.24) is 5.06 Å². The van der Waals surface area contributed by atoms with E-state index in [-0.39, 0.29) is 0 Å². The molecular formula is C5H6F3NO2S. The number of hydroxylamine groups is 2. The van der Waals surface area contributed by atoms with Gasteiger partial charge in [0.15, 0.2) is 0 Å². The zero-order valence-corrected chi connectivity index (χ0v) is 6.74. The lowest BCUT2D eigenvalue weighted by atomic mass is 10.7. The lowest BCUT2D eigenvalue weighted by Gasteiger charge is -2.14. The molecule has 0 N–H and O–H groups in total. The molecule has 3 nitrogen and oxygen atoms in total. The zero-order chi connectivity index (χ0) is 9.19. The average Bonchev–Trinajstić information content (AvgIpc) is 2.37. The van der Waals surface area contributed by atoms with E-state index in [9.17, 15) is 18.0 Å². The molecule has 1 saturated heterocycles. The Bertz CT molecular complexity index is 178. The molecule has 0 unspecified atom stereocenters. The van der Waals surface area contributed by atoms with Gasteiger partial charge in [0.25, 0.3) is 0 Å². The maximum Gasteiger partial charge on any atom is 0.492 e. The molecule has 12 heavy (non-hydrogen) atoms. The first-order valence-corrected chi connectivity index (χ1v) is 4.27. The number of halogens is 3. The molecule has 1 rings (SSSR count). The quantitative estimate of drug-likeness (QED) is 0.633. The number of carbonyl (C=O) groups is 1. The molecule has 0 saturated carbocycles. The molecule has 1 aliphatic heterocycles. The van der Waals surface area contributed by atoms with Crippen molar-refractivity contribution in [3.8, 4) is 0 Å². The Morgan fingerprint density at radius 3 is 2.58 bits per heavy atom. The third kappa shape index (κ3) is 2.56. The van der Waals surface area contributed by atoms with Crippen LogP contribution in [0.25, 0.3) is 0 Å². The Morgan fingerprint density at radius 2 is 2.17 bits per heavy atom. The first kappa shape index (κ1) is 9.66. The monoisotopic (exact) mass is 201 g/mol. The molecule has 0 bridgehead atoms. The molecule has 0 aliphatic carbocycles. The molecule has 1 heterocycles. The van der Waals surface area contributed by atoms with Gasteiger partial charge in [0.05, 0.1) is 5.88 Å². The third-order valence-corrected chi connectivity index (χ3v) is 2.11. The second kappa shape index (κ2) is 3.53. The number of rotatable bonds is 1. The van der Waals surface area contributed by atoms with E-state index < -0.39 is 12.1 Å². The molecule has 0 radical (unpaired) electrons. The van der Waals surface area contributed by atoms with Crippen LogP contribution in [0.2, 0.25) is 0 Å². The Balaban J connectivity index is 2.35. The summed E-state index contributed by atoms with van der Waals surface area (Å²) >= 11 is 1.42. The molecule has 0 atom stereocenters. The molecule has 0 amide bonds. The van der Waals surface area contributed by atoms with Gasteiger partial charge in [-0.25, -0.2) is 4.79 Å². The van der Waals surface area contributed by atoms with Crippen LogP contribution in [-0.2, 0) is 9.63 Å². The largest absolute Gasteiger partial charge is 0.492 e. The standard InChI is InChI=1S/C5H6F3NO2S/c6-5(7,8)4(10)11-9-1-2-12-3-9/h1-3H2. The SMILES string of the molecule is O=C(ON1CCSC1)C(F)(F)F. The van der Waals surface area contributed by atoms with Crippen molar-refractivity contribution in [3.05, 3.63) is 0 Å². The van der Waals surface area contributed by atoms with Gasteiger partial charge in [-0.1, -0.05) is 0 Å². The van der Waals surface area contributed by atoms with Crippen molar-refractivity contribution in [2.24, 2.45) is 0 Å². The van der Waals surface area contributed by atoms with Crippen LogP contribution in [0.1, 0.15) is 0 Å². The van der Waals surface area contributed by atoms with E-state index in [4.69, 9.17) is 0 Å². The smallest absolute Gasteiger partial charge is 0.360 e. The van der Waals surface area contributed by atoms with Crippen LogP contribution >= 0.6 is 11.8 Å². The fourth-order valence-electron chi connectivity index (χ4n) is 0.638. The van der Waals surface area contributed by atoms with Crippen LogP contribution in [0.5, 0.6) is 0 Å². The first-order chi connectivity index (χ1) is 5.50. The number of nitrogens with zero attached hydrogens (tertiary/aromatic N) is 1. The Labute approximate surface area is 70.8 Å². The lowest BCUT2D eigenvalue weighted by Crippen LogP contribution is -2.33. The van der Waals surface area contributed by atoms with E-state index >= 15 is 0 Å². The summed E-state index contributed by atoms with van der Waals surface area (Å²) in [5.41, 5.74) is 0. The van der Waals surface area contributed by atoms with Crippen LogP contribution in [0.4, 0.5) is 13.2 Å². The summed E-state index contributed by atoms with van der Waals surface area (Å²) in [6.45, 7) is 0.354. The van der Waals surface area contributed by atoms with Gasteiger partial charge < -0.3 is 4.84 Å². The second-order valence-corrected chi connectivity index (χ2v) is 3.19. The predicted octanol–water partition coefficient (Wildman–Crippen LogP) is 1.01. The molecule has 0 spiro atoms. The van der Waals surface area contributed by atoms with Gasteiger partial charge in [-0.3, -0.25) is 0 Å². The maximum absolute atomic E-state index is 11.6. The third-order valence-electron chi connectivity index (χ3n) is 1.16. The van der Waals surface area contributed by atoms with Crippen molar-refractivity contribution in [3.63, 3.8) is 0 Å². The molecule has 0 aromatic carbocycles.